The number of carbonyl (C=O) groups is 1. The molecule has 146 valence electrons. The van der Waals surface area contributed by atoms with E-state index in [9.17, 15) is 9.59 Å². The molecule has 0 atom stereocenters. The van der Waals surface area contributed by atoms with E-state index in [1.807, 2.05) is 38.1 Å². The van der Waals surface area contributed by atoms with Gasteiger partial charge in [0.05, 0.1) is 25.2 Å². The highest BCUT2D eigenvalue weighted by molar-refractivity contribution is 6.14. The number of hydrogen-bond acceptors (Lipinski definition) is 4. The zero-order valence-electron chi connectivity index (χ0n) is 16.8. The summed E-state index contributed by atoms with van der Waals surface area (Å²) in [6, 6.07) is 11.0. The van der Waals surface area contributed by atoms with Crippen molar-refractivity contribution in [1.82, 2.24) is 4.57 Å². The Hall–Kier alpha value is -3.28. The zero-order valence-corrected chi connectivity index (χ0v) is 16.8. The second-order valence-electron chi connectivity index (χ2n) is 6.59. The lowest BCUT2D eigenvalue weighted by atomic mass is 10.0. The molecule has 0 unspecified atom stereocenters. The Morgan fingerprint density at radius 2 is 1.71 bits per heavy atom. The molecule has 0 bridgehead atoms. The van der Waals surface area contributed by atoms with E-state index in [0.29, 0.717) is 34.4 Å². The number of anilines is 1. The average molecular weight is 380 g/mol. The maximum absolute atomic E-state index is 13.3. The van der Waals surface area contributed by atoms with Gasteiger partial charge in [-0.05, 0) is 43.7 Å². The molecule has 0 spiro atoms. The number of methoxy groups -OCH3 is 2. The molecule has 1 aromatic heterocycles. The summed E-state index contributed by atoms with van der Waals surface area (Å²) >= 11 is 0. The molecule has 6 nitrogen and oxygen atoms in total. The molecule has 0 aliphatic rings. The minimum absolute atomic E-state index is 0.173. The highest BCUT2D eigenvalue weighted by atomic mass is 16.5. The number of benzene rings is 2. The van der Waals surface area contributed by atoms with Crippen LogP contribution >= 0.6 is 0 Å². The van der Waals surface area contributed by atoms with E-state index in [0.717, 1.165) is 11.3 Å². The Morgan fingerprint density at radius 1 is 1.07 bits per heavy atom. The number of ether oxygens (including phenoxy) is 2. The number of amides is 1. The first-order valence-corrected chi connectivity index (χ1v) is 9.05. The predicted octanol–water partition coefficient (Wildman–Crippen LogP) is 3.62. The molecule has 0 saturated heterocycles. The molecule has 6 heteroatoms. The average Bonchev–Trinajstić information content (AvgIpc) is 2.72. The maximum atomic E-state index is 13.3. The summed E-state index contributed by atoms with van der Waals surface area (Å²) in [6.45, 7) is 4.30. The SMILES string of the molecule is CCn1cc(C(=O)N(C)c2cccc(C)c2)c2cc(OC)c(OC)cc2c1=O. The van der Waals surface area contributed by atoms with Gasteiger partial charge in [-0.3, -0.25) is 9.59 Å². The third-order valence-corrected chi connectivity index (χ3v) is 4.85. The van der Waals surface area contributed by atoms with Crippen molar-refractivity contribution in [3.8, 4) is 11.5 Å². The Kier molecular flexibility index (Phi) is 5.40. The van der Waals surface area contributed by atoms with Crippen LogP contribution in [0.4, 0.5) is 5.69 Å². The first kappa shape index (κ1) is 19.5. The van der Waals surface area contributed by atoms with Crippen molar-refractivity contribution >= 4 is 22.4 Å². The fraction of sp³-hybridized carbons (Fsp3) is 0.273. The van der Waals surface area contributed by atoms with Crippen LogP contribution in [0.3, 0.4) is 0 Å². The molecule has 0 radical (unpaired) electrons. The quantitative estimate of drug-likeness (QED) is 0.678. The van der Waals surface area contributed by atoms with Crippen molar-refractivity contribution in [2.75, 3.05) is 26.2 Å². The van der Waals surface area contributed by atoms with Crippen LogP contribution in [0.15, 0.2) is 47.4 Å². The van der Waals surface area contributed by atoms with E-state index in [1.54, 1.807) is 30.3 Å². The number of aryl methyl sites for hydroxylation is 2. The van der Waals surface area contributed by atoms with Crippen molar-refractivity contribution in [3.63, 3.8) is 0 Å². The van der Waals surface area contributed by atoms with E-state index in [4.69, 9.17) is 9.47 Å². The van der Waals surface area contributed by atoms with Crippen LogP contribution in [0.5, 0.6) is 11.5 Å². The van der Waals surface area contributed by atoms with E-state index in [-0.39, 0.29) is 11.5 Å². The van der Waals surface area contributed by atoms with Gasteiger partial charge in [-0.15, -0.1) is 0 Å². The summed E-state index contributed by atoms with van der Waals surface area (Å²) in [4.78, 5) is 27.8. The lowest BCUT2D eigenvalue weighted by molar-refractivity contribution is 0.0994. The molecular formula is C22H24N2O4. The van der Waals surface area contributed by atoms with Crippen LogP contribution in [0.1, 0.15) is 22.8 Å². The molecule has 28 heavy (non-hydrogen) atoms. The largest absolute Gasteiger partial charge is 0.493 e. The molecule has 0 aliphatic carbocycles. The standard InChI is InChI=1S/C22H24N2O4/c1-6-24-13-18(21(25)23(3)15-9-7-8-14(2)10-15)16-11-19(27-4)20(28-5)12-17(16)22(24)26/h7-13H,6H2,1-5H3. The minimum atomic E-state index is -0.204. The second kappa shape index (κ2) is 7.76. The van der Waals surface area contributed by atoms with Gasteiger partial charge >= 0.3 is 0 Å². The van der Waals surface area contributed by atoms with Crippen LogP contribution in [-0.2, 0) is 6.54 Å². The molecular weight excluding hydrogens is 356 g/mol. The number of hydrogen-bond donors (Lipinski definition) is 0. The summed E-state index contributed by atoms with van der Waals surface area (Å²) in [5.41, 5.74) is 2.11. The maximum Gasteiger partial charge on any atom is 0.260 e. The number of aromatic nitrogens is 1. The molecule has 0 fully saturated rings. The van der Waals surface area contributed by atoms with Crippen molar-refractivity contribution in [1.29, 1.82) is 0 Å². The van der Waals surface area contributed by atoms with Crippen molar-refractivity contribution in [2.24, 2.45) is 0 Å². The van der Waals surface area contributed by atoms with Crippen LogP contribution < -0.4 is 19.9 Å². The third kappa shape index (κ3) is 3.33. The van der Waals surface area contributed by atoms with Gasteiger partial charge in [0.15, 0.2) is 11.5 Å². The van der Waals surface area contributed by atoms with Gasteiger partial charge in [-0.25, -0.2) is 0 Å². The summed E-state index contributed by atoms with van der Waals surface area (Å²) in [6.07, 6.45) is 1.62. The zero-order chi connectivity index (χ0) is 20.4. The monoisotopic (exact) mass is 380 g/mol. The van der Waals surface area contributed by atoms with Crippen LogP contribution in [0.2, 0.25) is 0 Å². The lowest BCUT2D eigenvalue weighted by Crippen LogP contribution is -2.29. The number of rotatable bonds is 5. The smallest absolute Gasteiger partial charge is 0.260 e. The summed E-state index contributed by atoms with van der Waals surface area (Å²) < 4.78 is 12.2. The van der Waals surface area contributed by atoms with Crippen LogP contribution in [0.25, 0.3) is 10.8 Å². The molecule has 3 rings (SSSR count). The van der Waals surface area contributed by atoms with Gasteiger partial charge in [0.2, 0.25) is 0 Å². The highest BCUT2D eigenvalue weighted by Crippen LogP contribution is 2.33. The lowest BCUT2D eigenvalue weighted by Gasteiger charge is -2.20. The van der Waals surface area contributed by atoms with Crippen molar-refractivity contribution in [3.05, 3.63) is 64.1 Å². The Morgan fingerprint density at radius 3 is 2.29 bits per heavy atom. The van der Waals surface area contributed by atoms with Gasteiger partial charge < -0.3 is 18.9 Å². The number of carbonyl (C=O) groups excluding carboxylic acids is 1. The summed E-state index contributed by atoms with van der Waals surface area (Å²) in [5, 5.41) is 0.958. The Bertz CT molecular complexity index is 1100. The predicted molar refractivity (Wildman–Crippen MR) is 111 cm³/mol. The topological polar surface area (TPSA) is 60.8 Å². The minimum Gasteiger partial charge on any atom is -0.493 e. The first-order chi connectivity index (χ1) is 13.4. The fourth-order valence-electron chi connectivity index (χ4n) is 3.26. The number of fused-ring (bicyclic) bond motifs is 1. The summed E-state index contributed by atoms with van der Waals surface area (Å²) in [7, 11) is 4.77. The molecule has 2 aromatic carbocycles. The fourth-order valence-corrected chi connectivity index (χ4v) is 3.26. The van der Waals surface area contributed by atoms with Gasteiger partial charge in [0.1, 0.15) is 0 Å². The van der Waals surface area contributed by atoms with Gasteiger partial charge in [0.25, 0.3) is 11.5 Å². The second-order valence-corrected chi connectivity index (χ2v) is 6.59. The van der Waals surface area contributed by atoms with Gasteiger partial charge in [-0.2, -0.15) is 0 Å². The van der Waals surface area contributed by atoms with E-state index >= 15 is 0 Å². The van der Waals surface area contributed by atoms with Crippen molar-refractivity contribution in [2.45, 2.75) is 20.4 Å². The van der Waals surface area contributed by atoms with Gasteiger partial charge in [-0.1, -0.05) is 12.1 Å². The molecule has 3 aromatic rings. The Labute approximate surface area is 163 Å². The van der Waals surface area contributed by atoms with E-state index in [2.05, 4.69) is 0 Å². The summed E-state index contributed by atoms with van der Waals surface area (Å²) in [5.74, 6) is 0.715. The first-order valence-electron chi connectivity index (χ1n) is 9.05. The van der Waals surface area contributed by atoms with E-state index in [1.165, 1.54) is 18.8 Å². The number of pyridine rings is 1. The van der Waals surface area contributed by atoms with Crippen molar-refractivity contribution < 1.29 is 14.3 Å². The molecule has 0 N–H and O–H groups in total. The van der Waals surface area contributed by atoms with Crippen LogP contribution in [-0.4, -0.2) is 31.7 Å². The highest BCUT2D eigenvalue weighted by Gasteiger charge is 2.21. The molecule has 1 amide bonds. The molecule has 0 aliphatic heterocycles. The van der Waals surface area contributed by atoms with E-state index < -0.39 is 0 Å². The third-order valence-electron chi connectivity index (χ3n) is 4.85. The Balaban J connectivity index is 2.25. The molecule has 1 heterocycles. The normalized spacial score (nSPS) is 10.8. The van der Waals surface area contributed by atoms with Crippen LogP contribution in [0, 0.1) is 6.92 Å². The van der Waals surface area contributed by atoms with Gasteiger partial charge in [0, 0.05) is 30.9 Å². The number of nitrogens with zero attached hydrogens (tertiary/aromatic N) is 2. The molecule has 0 saturated carbocycles.